The average molecular weight is 384 g/mol. The van der Waals surface area contributed by atoms with E-state index in [0.29, 0.717) is 12.1 Å². The van der Waals surface area contributed by atoms with Crippen molar-refractivity contribution in [2.75, 3.05) is 20.4 Å². The molecule has 0 spiro atoms. The molecule has 1 aromatic carbocycles. The number of benzene rings is 1. The number of nitrogens with zero attached hydrogens (tertiary/aromatic N) is 1. The summed E-state index contributed by atoms with van der Waals surface area (Å²) >= 11 is 5.39. The summed E-state index contributed by atoms with van der Waals surface area (Å²) in [5, 5.41) is 0. The van der Waals surface area contributed by atoms with E-state index in [1.54, 1.807) is 11.8 Å². The highest BCUT2D eigenvalue weighted by Gasteiger charge is 2.49. The van der Waals surface area contributed by atoms with Gasteiger partial charge in [0.1, 0.15) is 0 Å². The summed E-state index contributed by atoms with van der Waals surface area (Å²) in [7, 11) is 3.66. The third kappa shape index (κ3) is 2.72. The topological polar surface area (TPSA) is 29.5 Å². The lowest BCUT2D eigenvalue weighted by atomic mass is 9.76. The second-order valence-corrected chi connectivity index (χ2v) is 7.95. The van der Waals surface area contributed by atoms with Gasteiger partial charge in [0.2, 0.25) is 0 Å². The van der Waals surface area contributed by atoms with Gasteiger partial charge in [-0.2, -0.15) is 0 Å². The Bertz CT molecular complexity index is 580. The number of ether oxygens (including phenoxy) is 1. The Morgan fingerprint density at radius 1 is 1.41 bits per heavy atom. The van der Waals surface area contributed by atoms with Crippen molar-refractivity contribution in [3.63, 3.8) is 0 Å². The van der Waals surface area contributed by atoms with Gasteiger partial charge in [-0.3, -0.25) is 9.69 Å². The Morgan fingerprint density at radius 2 is 2.18 bits per heavy atom. The second kappa shape index (κ2) is 6.54. The average Bonchev–Trinajstić information content (AvgIpc) is 2.76. The number of thioether (sulfide) groups is 1. The molecule has 4 atom stereocenters. The lowest BCUT2D eigenvalue weighted by Gasteiger charge is -2.41. The highest BCUT2D eigenvalue weighted by Crippen LogP contribution is 2.47. The quantitative estimate of drug-likeness (QED) is 0.584. The Labute approximate surface area is 144 Å². The summed E-state index contributed by atoms with van der Waals surface area (Å²) in [5.41, 5.74) is 1.25. The number of fused-ring (bicyclic) bond motifs is 2. The van der Waals surface area contributed by atoms with Crippen LogP contribution in [0.15, 0.2) is 27.6 Å². The Kier molecular flexibility index (Phi) is 4.86. The molecule has 2 aliphatic heterocycles. The molecule has 3 rings (SSSR count). The molecule has 0 aromatic heterocycles. The number of esters is 1. The van der Waals surface area contributed by atoms with Gasteiger partial charge in [0.25, 0.3) is 0 Å². The van der Waals surface area contributed by atoms with E-state index < -0.39 is 0 Å². The number of halogens is 1. The van der Waals surface area contributed by atoms with E-state index in [1.165, 1.54) is 24.0 Å². The van der Waals surface area contributed by atoms with Gasteiger partial charge in [-0.25, -0.2) is 0 Å². The van der Waals surface area contributed by atoms with Gasteiger partial charge in [-0.15, -0.1) is 11.8 Å². The van der Waals surface area contributed by atoms with Crippen molar-refractivity contribution in [3.05, 3.63) is 28.2 Å². The normalized spacial score (nSPS) is 31.3. The fourth-order valence-electron chi connectivity index (χ4n) is 4.18. The zero-order chi connectivity index (χ0) is 15.9. The monoisotopic (exact) mass is 383 g/mol. The molecule has 2 aliphatic rings. The van der Waals surface area contributed by atoms with Gasteiger partial charge in [0, 0.05) is 27.4 Å². The van der Waals surface area contributed by atoms with Crippen molar-refractivity contribution in [2.45, 2.75) is 42.2 Å². The fraction of sp³-hybridized carbons (Fsp3) is 0.588. The Morgan fingerprint density at radius 3 is 2.82 bits per heavy atom. The summed E-state index contributed by atoms with van der Waals surface area (Å²) in [4.78, 5) is 16.1. The standard InChI is InChI=1S/C17H22BrNO2S/c1-19-11-5-6-14(19)16(17(20)21-2)12(9-11)10-4-7-15(22-3)13(18)8-10/h4,7-8,11-12,14,16H,5-6,9H2,1-3H3/t11?,12-,14?,16+/m1/s1. The number of hydrogen-bond acceptors (Lipinski definition) is 4. The smallest absolute Gasteiger partial charge is 0.310 e. The van der Waals surface area contributed by atoms with Crippen molar-refractivity contribution in [3.8, 4) is 0 Å². The maximum Gasteiger partial charge on any atom is 0.310 e. The van der Waals surface area contributed by atoms with Crippen LogP contribution in [0.25, 0.3) is 0 Å². The molecule has 2 bridgehead atoms. The van der Waals surface area contributed by atoms with Crippen molar-refractivity contribution in [1.29, 1.82) is 0 Å². The number of carbonyl (C=O) groups is 1. The van der Waals surface area contributed by atoms with Crippen LogP contribution >= 0.6 is 27.7 Å². The predicted octanol–water partition coefficient (Wildman–Crippen LogP) is 3.91. The Balaban J connectivity index is 1.97. The molecule has 0 N–H and O–H groups in total. The van der Waals surface area contributed by atoms with E-state index >= 15 is 0 Å². The lowest BCUT2D eigenvalue weighted by molar-refractivity contribution is -0.150. The highest BCUT2D eigenvalue weighted by molar-refractivity contribution is 9.10. The van der Waals surface area contributed by atoms with E-state index in [4.69, 9.17) is 4.74 Å². The van der Waals surface area contributed by atoms with Gasteiger partial charge < -0.3 is 4.74 Å². The van der Waals surface area contributed by atoms with Crippen LogP contribution < -0.4 is 0 Å². The first-order chi connectivity index (χ1) is 10.6. The SMILES string of the molecule is COC(=O)[C@@H]1C2CCC(C[C@@H]1c1ccc(SC)c(Br)c1)N2C. The third-order valence-corrected chi connectivity index (χ3v) is 7.06. The first kappa shape index (κ1) is 16.3. The molecule has 0 radical (unpaired) electrons. The van der Waals surface area contributed by atoms with Crippen molar-refractivity contribution >= 4 is 33.7 Å². The minimum absolute atomic E-state index is 0.0548. The van der Waals surface area contributed by atoms with Gasteiger partial charge in [0.05, 0.1) is 13.0 Å². The zero-order valence-corrected chi connectivity index (χ0v) is 15.6. The number of rotatable bonds is 3. The molecular weight excluding hydrogens is 362 g/mol. The van der Waals surface area contributed by atoms with Crippen molar-refractivity contribution < 1.29 is 9.53 Å². The summed E-state index contributed by atoms with van der Waals surface area (Å²) in [6.45, 7) is 0. The van der Waals surface area contributed by atoms with Gasteiger partial charge in [0.15, 0.2) is 0 Å². The molecule has 0 amide bonds. The molecule has 3 nitrogen and oxygen atoms in total. The van der Waals surface area contributed by atoms with E-state index in [2.05, 4.69) is 52.3 Å². The van der Waals surface area contributed by atoms with Crippen LogP contribution in [0.2, 0.25) is 0 Å². The summed E-state index contributed by atoms with van der Waals surface area (Å²) < 4.78 is 6.25. The highest BCUT2D eigenvalue weighted by atomic mass is 79.9. The van der Waals surface area contributed by atoms with Crippen LogP contribution in [0.1, 0.15) is 30.7 Å². The second-order valence-electron chi connectivity index (χ2n) is 6.25. The predicted molar refractivity (Wildman–Crippen MR) is 93.4 cm³/mol. The van der Waals surface area contributed by atoms with E-state index in [9.17, 15) is 4.79 Å². The van der Waals surface area contributed by atoms with Crippen molar-refractivity contribution in [1.82, 2.24) is 4.90 Å². The zero-order valence-electron chi connectivity index (χ0n) is 13.2. The maximum atomic E-state index is 12.4. The molecule has 2 heterocycles. The van der Waals surface area contributed by atoms with Gasteiger partial charge in [-0.1, -0.05) is 6.07 Å². The number of piperidine rings is 1. The minimum atomic E-state index is -0.0627. The van der Waals surface area contributed by atoms with E-state index in [-0.39, 0.29) is 17.8 Å². The maximum absolute atomic E-state index is 12.4. The number of hydrogen-bond donors (Lipinski definition) is 0. The largest absolute Gasteiger partial charge is 0.469 e. The molecular formula is C17H22BrNO2S. The summed E-state index contributed by atoms with van der Waals surface area (Å²) in [5.74, 6) is 0.140. The molecule has 0 aliphatic carbocycles. The lowest BCUT2D eigenvalue weighted by Crippen LogP contribution is -2.49. The van der Waals surface area contributed by atoms with Crippen LogP contribution in [0.5, 0.6) is 0 Å². The first-order valence-electron chi connectivity index (χ1n) is 7.70. The Hall–Kier alpha value is -0.520. The minimum Gasteiger partial charge on any atom is -0.469 e. The third-order valence-electron chi connectivity index (χ3n) is 5.35. The van der Waals surface area contributed by atoms with Crippen LogP contribution in [0, 0.1) is 5.92 Å². The molecule has 2 unspecified atom stereocenters. The molecule has 22 heavy (non-hydrogen) atoms. The summed E-state index contributed by atoms with van der Waals surface area (Å²) in [6.07, 6.45) is 5.40. The fourth-order valence-corrected chi connectivity index (χ4v) is 5.52. The molecule has 2 fully saturated rings. The van der Waals surface area contributed by atoms with Crippen LogP contribution in [0.4, 0.5) is 0 Å². The van der Waals surface area contributed by atoms with Crippen LogP contribution in [0.3, 0.4) is 0 Å². The summed E-state index contributed by atoms with van der Waals surface area (Å²) in [6, 6.07) is 7.43. The first-order valence-corrected chi connectivity index (χ1v) is 9.71. The van der Waals surface area contributed by atoms with Crippen molar-refractivity contribution in [2.24, 2.45) is 5.92 Å². The van der Waals surface area contributed by atoms with Gasteiger partial charge in [-0.05, 0) is 66.2 Å². The number of carbonyl (C=O) groups excluding carboxylic acids is 1. The van der Waals surface area contributed by atoms with Gasteiger partial charge >= 0.3 is 5.97 Å². The molecule has 120 valence electrons. The van der Waals surface area contributed by atoms with Crippen LogP contribution in [-0.4, -0.2) is 43.4 Å². The van der Waals surface area contributed by atoms with Crippen LogP contribution in [-0.2, 0) is 9.53 Å². The molecule has 1 aromatic rings. The molecule has 5 heteroatoms. The molecule has 2 saturated heterocycles. The number of methoxy groups -OCH3 is 1. The molecule has 0 saturated carbocycles. The van der Waals surface area contributed by atoms with E-state index in [1.807, 2.05) is 0 Å². The van der Waals surface area contributed by atoms with E-state index in [0.717, 1.165) is 17.3 Å².